The molecule has 10 heteroatoms. The Hall–Kier alpha value is -0.630. The Morgan fingerprint density at radius 1 is 1.10 bits per heavy atom. The molecule has 0 radical (unpaired) electrons. The Morgan fingerprint density at radius 3 is 1.95 bits per heavy atom. The molecule has 0 spiro atoms. The Balaban J connectivity index is 5.14. The molecule has 0 aliphatic rings. The summed E-state index contributed by atoms with van der Waals surface area (Å²) in [5.74, 6) is -3.29. The van der Waals surface area contributed by atoms with E-state index in [9.17, 15) is 22.5 Å². The molecule has 6 nitrogen and oxygen atoms in total. The van der Waals surface area contributed by atoms with Crippen LogP contribution in [0.1, 0.15) is 20.8 Å². The third-order valence-corrected chi connectivity index (χ3v) is 3.97. The molecule has 0 saturated carbocycles. The zero-order chi connectivity index (χ0) is 15.8. The zero-order valence-electron chi connectivity index (χ0n) is 11.4. The summed E-state index contributed by atoms with van der Waals surface area (Å²) in [6.07, 6.45) is -4.69. The second-order valence-corrected chi connectivity index (χ2v) is 5.47. The predicted octanol–water partition coefficient (Wildman–Crippen LogP) is 2.72. The molecule has 0 aromatic rings. The summed E-state index contributed by atoms with van der Waals surface area (Å²) in [5, 5.41) is 0. The molecule has 0 aliphatic heterocycles. The first-order valence-corrected chi connectivity index (χ1v) is 7.55. The van der Waals surface area contributed by atoms with Gasteiger partial charge < -0.3 is 18.5 Å². The highest BCUT2D eigenvalue weighted by molar-refractivity contribution is 7.55. The highest BCUT2D eigenvalue weighted by Crippen LogP contribution is 2.54. The number of hydrogen-bond acceptors (Lipinski definition) is 6. The average Bonchev–Trinajstić information content (AvgIpc) is 2.28. The number of halogens is 3. The van der Waals surface area contributed by atoms with Crippen LogP contribution in [0.25, 0.3) is 0 Å². The molecule has 0 N–H and O–H groups in total. The summed E-state index contributed by atoms with van der Waals surface area (Å²) in [5.41, 5.74) is 0. The average molecular weight is 322 g/mol. The molecular formula is C10H18F3O6P. The van der Waals surface area contributed by atoms with Crippen LogP contribution < -0.4 is 0 Å². The van der Waals surface area contributed by atoms with E-state index in [0.717, 1.165) is 0 Å². The first-order chi connectivity index (χ1) is 9.20. The van der Waals surface area contributed by atoms with Crippen LogP contribution >= 0.6 is 7.60 Å². The Bertz CT molecular complexity index is 336. The Labute approximate surface area is 115 Å². The quantitative estimate of drug-likeness (QED) is 0.480. The number of rotatable bonds is 9. The maximum absolute atomic E-state index is 12.3. The number of esters is 1. The molecule has 0 heterocycles. The fourth-order valence-corrected chi connectivity index (χ4v) is 2.86. The number of alkyl halides is 3. The lowest BCUT2D eigenvalue weighted by Gasteiger charge is -2.25. The van der Waals surface area contributed by atoms with Gasteiger partial charge in [0.05, 0.1) is 19.8 Å². The van der Waals surface area contributed by atoms with E-state index in [0.29, 0.717) is 0 Å². The van der Waals surface area contributed by atoms with Crippen LogP contribution in [0, 0.1) is 0 Å². The number of carbonyl (C=O) groups excluding carboxylic acids is 1. The SMILES string of the molecule is CCOC(=O)C(OCC(F)(F)F)P(=O)(OCC)OCC. The van der Waals surface area contributed by atoms with Gasteiger partial charge in [0.2, 0.25) is 0 Å². The molecule has 0 aromatic heterocycles. The van der Waals surface area contributed by atoms with Crippen molar-refractivity contribution in [3.63, 3.8) is 0 Å². The number of ether oxygens (including phenoxy) is 2. The van der Waals surface area contributed by atoms with Crippen molar-refractivity contribution in [2.24, 2.45) is 0 Å². The molecule has 1 atom stereocenters. The van der Waals surface area contributed by atoms with Crippen LogP contribution in [0.2, 0.25) is 0 Å². The summed E-state index contributed by atoms with van der Waals surface area (Å²) in [7, 11) is -4.20. The summed E-state index contributed by atoms with van der Waals surface area (Å²) < 4.78 is 67.4. The summed E-state index contributed by atoms with van der Waals surface area (Å²) >= 11 is 0. The van der Waals surface area contributed by atoms with Gasteiger partial charge in [0, 0.05) is 0 Å². The van der Waals surface area contributed by atoms with Crippen LogP contribution in [-0.4, -0.2) is 44.4 Å². The van der Waals surface area contributed by atoms with E-state index in [1.54, 1.807) is 0 Å². The van der Waals surface area contributed by atoms with E-state index >= 15 is 0 Å². The largest absolute Gasteiger partial charge is 0.464 e. The van der Waals surface area contributed by atoms with Gasteiger partial charge in [-0.1, -0.05) is 0 Å². The van der Waals surface area contributed by atoms with Gasteiger partial charge in [0.15, 0.2) is 0 Å². The van der Waals surface area contributed by atoms with Gasteiger partial charge in [0.1, 0.15) is 6.61 Å². The van der Waals surface area contributed by atoms with E-state index in [1.165, 1.54) is 20.8 Å². The van der Waals surface area contributed by atoms with Gasteiger partial charge in [0.25, 0.3) is 5.85 Å². The Morgan fingerprint density at radius 2 is 1.60 bits per heavy atom. The standard InChI is InChI=1S/C10H18F3O6P/c1-4-16-8(14)9(17-7-10(11,12)13)20(15,18-5-2)19-6-3/h9H,4-7H2,1-3H3. The highest BCUT2D eigenvalue weighted by atomic mass is 31.2. The van der Waals surface area contributed by atoms with Crippen molar-refractivity contribution in [3.05, 3.63) is 0 Å². The molecule has 0 aromatic carbocycles. The van der Waals surface area contributed by atoms with Crippen LogP contribution in [0.4, 0.5) is 13.2 Å². The fraction of sp³-hybridized carbons (Fsp3) is 0.900. The molecule has 0 amide bonds. The van der Waals surface area contributed by atoms with Gasteiger partial charge in [-0.25, -0.2) is 4.79 Å². The smallest absolute Gasteiger partial charge is 0.411 e. The lowest BCUT2D eigenvalue weighted by molar-refractivity contribution is -0.187. The van der Waals surface area contributed by atoms with Crippen molar-refractivity contribution in [1.82, 2.24) is 0 Å². The molecule has 1 unspecified atom stereocenters. The zero-order valence-corrected chi connectivity index (χ0v) is 12.3. The van der Waals surface area contributed by atoms with Crippen molar-refractivity contribution in [2.75, 3.05) is 26.4 Å². The molecule has 0 rings (SSSR count). The second kappa shape index (κ2) is 8.61. The van der Waals surface area contributed by atoms with E-state index < -0.39 is 32.2 Å². The number of hydrogen-bond donors (Lipinski definition) is 0. The van der Waals surface area contributed by atoms with E-state index in [1.807, 2.05) is 0 Å². The molecule has 0 fully saturated rings. The third-order valence-electron chi connectivity index (χ3n) is 1.80. The minimum absolute atomic E-state index is 0.108. The highest BCUT2D eigenvalue weighted by Gasteiger charge is 2.45. The molecular weight excluding hydrogens is 304 g/mol. The van der Waals surface area contributed by atoms with E-state index in [-0.39, 0.29) is 19.8 Å². The third kappa shape index (κ3) is 6.69. The van der Waals surface area contributed by atoms with Gasteiger partial charge in [-0.05, 0) is 20.8 Å². The van der Waals surface area contributed by atoms with Gasteiger partial charge in [-0.3, -0.25) is 4.57 Å². The van der Waals surface area contributed by atoms with Crippen LogP contribution in [-0.2, 0) is 27.9 Å². The normalized spacial score (nSPS) is 14.1. The minimum Gasteiger partial charge on any atom is -0.464 e. The molecule has 20 heavy (non-hydrogen) atoms. The van der Waals surface area contributed by atoms with Gasteiger partial charge >= 0.3 is 19.7 Å². The topological polar surface area (TPSA) is 71.1 Å². The Kier molecular flexibility index (Phi) is 8.34. The van der Waals surface area contributed by atoms with E-state index in [4.69, 9.17) is 9.05 Å². The van der Waals surface area contributed by atoms with Crippen molar-refractivity contribution in [1.29, 1.82) is 0 Å². The monoisotopic (exact) mass is 322 g/mol. The second-order valence-electron chi connectivity index (χ2n) is 3.41. The predicted molar refractivity (Wildman–Crippen MR) is 63.3 cm³/mol. The van der Waals surface area contributed by atoms with Crippen molar-refractivity contribution >= 4 is 13.6 Å². The summed E-state index contributed by atoms with van der Waals surface area (Å²) in [6.45, 7) is 2.25. The van der Waals surface area contributed by atoms with Crippen molar-refractivity contribution in [3.8, 4) is 0 Å². The van der Waals surface area contributed by atoms with E-state index in [2.05, 4.69) is 9.47 Å². The lowest BCUT2D eigenvalue weighted by atomic mass is 10.6. The first kappa shape index (κ1) is 19.4. The van der Waals surface area contributed by atoms with Crippen molar-refractivity contribution in [2.45, 2.75) is 32.8 Å². The first-order valence-electron chi connectivity index (χ1n) is 5.94. The maximum atomic E-state index is 12.3. The molecule has 0 saturated heterocycles. The number of carbonyl (C=O) groups is 1. The fourth-order valence-electron chi connectivity index (χ4n) is 1.21. The minimum atomic E-state index is -4.69. The van der Waals surface area contributed by atoms with Crippen LogP contribution in [0.5, 0.6) is 0 Å². The van der Waals surface area contributed by atoms with Gasteiger partial charge in [-0.2, -0.15) is 13.2 Å². The molecule has 0 bridgehead atoms. The lowest BCUT2D eigenvalue weighted by Crippen LogP contribution is -2.32. The molecule has 0 aliphatic carbocycles. The molecule has 120 valence electrons. The van der Waals surface area contributed by atoms with Crippen LogP contribution in [0.15, 0.2) is 0 Å². The van der Waals surface area contributed by atoms with Crippen molar-refractivity contribution < 1.29 is 41.1 Å². The van der Waals surface area contributed by atoms with Crippen LogP contribution in [0.3, 0.4) is 0 Å². The van der Waals surface area contributed by atoms with Gasteiger partial charge in [-0.15, -0.1) is 0 Å². The summed E-state index contributed by atoms with van der Waals surface area (Å²) in [6, 6.07) is 0. The summed E-state index contributed by atoms with van der Waals surface area (Å²) in [4.78, 5) is 11.6. The maximum Gasteiger partial charge on any atom is 0.411 e.